The van der Waals surface area contributed by atoms with E-state index in [9.17, 15) is 9.70 Å². The molecule has 1 aromatic carbocycles. The first-order valence-corrected chi connectivity index (χ1v) is 5.17. The highest BCUT2D eigenvalue weighted by molar-refractivity contribution is 6.03. The lowest BCUT2D eigenvalue weighted by Crippen LogP contribution is -2.10. The van der Waals surface area contributed by atoms with Gasteiger partial charge in [0.15, 0.2) is 6.04 Å². The Labute approximate surface area is 92.4 Å². The van der Waals surface area contributed by atoms with E-state index >= 15 is 0 Å². The third kappa shape index (κ3) is 1.12. The standard InChI is InChI=1S/C11H11N3O2/c1-14-4-6-2-3-7-9(8(6)5-14)12-11(15)10(7)13-16/h2-3,10H,4-5H2,1H3,(H,12,15). The maximum Gasteiger partial charge on any atom is 0.257 e. The third-order valence-electron chi connectivity index (χ3n) is 3.21. The SMILES string of the molecule is CN1Cc2ccc3c(c2C1)NC(=O)C3N=O. The second-order valence-corrected chi connectivity index (χ2v) is 4.34. The van der Waals surface area contributed by atoms with E-state index in [4.69, 9.17) is 0 Å². The second-order valence-electron chi connectivity index (χ2n) is 4.34. The fourth-order valence-electron chi connectivity index (χ4n) is 2.47. The highest BCUT2D eigenvalue weighted by Gasteiger charge is 2.35. The molecule has 82 valence electrons. The molecule has 2 aliphatic heterocycles. The van der Waals surface area contributed by atoms with Crippen LogP contribution in [-0.4, -0.2) is 17.9 Å². The van der Waals surface area contributed by atoms with E-state index in [0.717, 1.165) is 24.3 Å². The molecule has 2 aliphatic rings. The van der Waals surface area contributed by atoms with Crippen molar-refractivity contribution in [2.75, 3.05) is 12.4 Å². The van der Waals surface area contributed by atoms with E-state index in [1.807, 2.05) is 19.2 Å². The molecule has 0 fully saturated rings. The summed E-state index contributed by atoms with van der Waals surface area (Å²) in [6, 6.07) is 2.94. The van der Waals surface area contributed by atoms with Crippen molar-refractivity contribution in [1.82, 2.24) is 4.90 Å². The Bertz CT molecular complexity index is 498. The van der Waals surface area contributed by atoms with E-state index in [2.05, 4.69) is 15.4 Å². The summed E-state index contributed by atoms with van der Waals surface area (Å²) in [5, 5.41) is 5.64. The largest absolute Gasteiger partial charge is 0.323 e. The van der Waals surface area contributed by atoms with Crippen LogP contribution in [0.3, 0.4) is 0 Å². The Morgan fingerprint density at radius 1 is 1.44 bits per heavy atom. The average molecular weight is 217 g/mol. The molecular weight excluding hydrogens is 206 g/mol. The summed E-state index contributed by atoms with van der Waals surface area (Å²) >= 11 is 0. The van der Waals surface area contributed by atoms with Gasteiger partial charge >= 0.3 is 0 Å². The number of benzene rings is 1. The van der Waals surface area contributed by atoms with Gasteiger partial charge in [-0.1, -0.05) is 17.3 Å². The summed E-state index contributed by atoms with van der Waals surface area (Å²) in [6.07, 6.45) is 0. The van der Waals surface area contributed by atoms with Crippen LogP contribution in [0.15, 0.2) is 17.3 Å². The molecule has 1 aromatic rings. The predicted molar refractivity (Wildman–Crippen MR) is 58.8 cm³/mol. The quantitative estimate of drug-likeness (QED) is 0.723. The van der Waals surface area contributed by atoms with Gasteiger partial charge in [-0.05, 0) is 18.2 Å². The van der Waals surface area contributed by atoms with Crippen molar-refractivity contribution >= 4 is 11.6 Å². The number of carbonyl (C=O) groups is 1. The van der Waals surface area contributed by atoms with E-state index in [1.54, 1.807) is 0 Å². The molecule has 1 atom stereocenters. The molecule has 0 saturated heterocycles. The van der Waals surface area contributed by atoms with Crippen LogP contribution >= 0.6 is 0 Å². The summed E-state index contributed by atoms with van der Waals surface area (Å²) in [7, 11) is 2.03. The summed E-state index contributed by atoms with van der Waals surface area (Å²) in [5.74, 6) is -0.312. The molecule has 0 spiro atoms. The molecule has 0 aromatic heterocycles. The Hall–Kier alpha value is -1.75. The topological polar surface area (TPSA) is 61.8 Å². The van der Waals surface area contributed by atoms with Crippen molar-refractivity contribution in [3.8, 4) is 0 Å². The lowest BCUT2D eigenvalue weighted by molar-refractivity contribution is -0.116. The van der Waals surface area contributed by atoms with Gasteiger partial charge in [-0.3, -0.25) is 9.69 Å². The maximum atomic E-state index is 11.5. The molecular formula is C11H11N3O2. The minimum Gasteiger partial charge on any atom is -0.323 e. The fourth-order valence-corrected chi connectivity index (χ4v) is 2.47. The molecule has 0 saturated carbocycles. The molecule has 5 nitrogen and oxygen atoms in total. The summed E-state index contributed by atoms with van der Waals surface area (Å²) in [5.41, 5.74) is 3.86. The predicted octanol–water partition coefficient (Wildman–Crippen LogP) is 1.39. The number of carbonyl (C=O) groups excluding carboxylic acids is 1. The Kier molecular flexibility index (Phi) is 1.85. The molecule has 2 heterocycles. The van der Waals surface area contributed by atoms with Crippen molar-refractivity contribution in [3.05, 3.63) is 33.7 Å². The number of rotatable bonds is 1. The molecule has 0 aliphatic carbocycles. The van der Waals surface area contributed by atoms with Gasteiger partial charge in [0.25, 0.3) is 5.91 Å². The van der Waals surface area contributed by atoms with Crippen LogP contribution in [0.5, 0.6) is 0 Å². The zero-order valence-electron chi connectivity index (χ0n) is 8.86. The number of hydrogen-bond acceptors (Lipinski definition) is 4. The van der Waals surface area contributed by atoms with Crippen LogP contribution in [-0.2, 0) is 17.9 Å². The number of nitrogens with zero attached hydrogens (tertiary/aromatic N) is 2. The molecule has 0 bridgehead atoms. The molecule has 1 amide bonds. The molecule has 1 unspecified atom stereocenters. The monoisotopic (exact) mass is 217 g/mol. The number of anilines is 1. The summed E-state index contributed by atoms with van der Waals surface area (Å²) in [6.45, 7) is 1.70. The first-order valence-electron chi connectivity index (χ1n) is 5.17. The lowest BCUT2D eigenvalue weighted by Gasteiger charge is -2.06. The number of nitroso groups, excluding NO2 is 1. The van der Waals surface area contributed by atoms with Crippen LogP contribution in [0.1, 0.15) is 22.7 Å². The highest BCUT2D eigenvalue weighted by Crippen LogP contribution is 2.40. The minimum atomic E-state index is -0.869. The van der Waals surface area contributed by atoms with Gasteiger partial charge in [-0.2, -0.15) is 0 Å². The second kappa shape index (κ2) is 3.12. The van der Waals surface area contributed by atoms with E-state index in [-0.39, 0.29) is 5.91 Å². The van der Waals surface area contributed by atoms with Gasteiger partial charge in [0.05, 0.1) is 5.69 Å². The third-order valence-corrected chi connectivity index (χ3v) is 3.21. The number of nitrogens with one attached hydrogen (secondary N) is 1. The van der Waals surface area contributed by atoms with Crippen molar-refractivity contribution in [2.24, 2.45) is 5.18 Å². The van der Waals surface area contributed by atoms with Crippen LogP contribution < -0.4 is 5.32 Å². The van der Waals surface area contributed by atoms with Gasteiger partial charge in [-0.25, -0.2) is 0 Å². The smallest absolute Gasteiger partial charge is 0.257 e. The van der Waals surface area contributed by atoms with E-state index in [1.165, 1.54) is 5.56 Å². The van der Waals surface area contributed by atoms with E-state index in [0.29, 0.717) is 5.56 Å². The van der Waals surface area contributed by atoms with Crippen molar-refractivity contribution in [3.63, 3.8) is 0 Å². The average Bonchev–Trinajstić information content (AvgIpc) is 2.76. The molecule has 3 rings (SSSR count). The maximum absolute atomic E-state index is 11.5. The zero-order chi connectivity index (χ0) is 11.3. The number of hydrogen-bond donors (Lipinski definition) is 1. The van der Waals surface area contributed by atoms with Gasteiger partial charge in [0.2, 0.25) is 0 Å². The number of fused-ring (bicyclic) bond motifs is 3. The van der Waals surface area contributed by atoms with Crippen LogP contribution in [0, 0.1) is 4.91 Å². The van der Waals surface area contributed by atoms with Crippen LogP contribution in [0.25, 0.3) is 0 Å². The fraction of sp³-hybridized carbons (Fsp3) is 0.364. The normalized spacial score (nSPS) is 22.8. The molecule has 1 N–H and O–H groups in total. The van der Waals surface area contributed by atoms with Gasteiger partial charge in [0, 0.05) is 18.7 Å². The summed E-state index contributed by atoms with van der Waals surface area (Å²) in [4.78, 5) is 24.3. The van der Waals surface area contributed by atoms with Gasteiger partial charge in [0.1, 0.15) is 0 Å². The minimum absolute atomic E-state index is 0.312. The first kappa shape index (κ1) is 9.47. The van der Waals surface area contributed by atoms with Crippen molar-refractivity contribution in [2.45, 2.75) is 19.1 Å². The van der Waals surface area contributed by atoms with E-state index < -0.39 is 6.04 Å². The first-order chi connectivity index (χ1) is 7.70. The van der Waals surface area contributed by atoms with Crippen molar-refractivity contribution in [1.29, 1.82) is 0 Å². The number of amides is 1. The van der Waals surface area contributed by atoms with Gasteiger partial charge < -0.3 is 5.32 Å². The zero-order valence-corrected chi connectivity index (χ0v) is 8.86. The highest BCUT2D eigenvalue weighted by atomic mass is 16.3. The van der Waals surface area contributed by atoms with Crippen LogP contribution in [0.2, 0.25) is 0 Å². The van der Waals surface area contributed by atoms with Crippen molar-refractivity contribution < 1.29 is 4.79 Å². The molecule has 5 heteroatoms. The Morgan fingerprint density at radius 2 is 2.25 bits per heavy atom. The lowest BCUT2D eigenvalue weighted by atomic mass is 10.0. The Balaban J connectivity index is 2.16. The Morgan fingerprint density at radius 3 is 3.00 bits per heavy atom. The molecule has 16 heavy (non-hydrogen) atoms. The summed E-state index contributed by atoms with van der Waals surface area (Å²) < 4.78 is 0. The van der Waals surface area contributed by atoms with Gasteiger partial charge in [-0.15, -0.1) is 4.91 Å². The van der Waals surface area contributed by atoms with Crippen LogP contribution in [0.4, 0.5) is 5.69 Å². The molecule has 0 radical (unpaired) electrons.